The van der Waals surface area contributed by atoms with Crippen LogP contribution in [0.3, 0.4) is 0 Å². The largest absolute Gasteiger partial charge is 0.393 e. The zero-order valence-corrected chi connectivity index (χ0v) is 4.46. The number of rotatable bonds is 1. The van der Waals surface area contributed by atoms with E-state index in [9.17, 15) is 0 Å². The van der Waals surface area contributed by atoms with Gasteiger partial charge >= 0.3 is 0 Å². The lowest BCUT2D eigenvalue weighted by atomic mass is 9.90. The average molecular weight is 112 g/mol. The Morgan fingerprint density at radius 2 is 2.25 bits per heavy atom. The van der Waals surface area contributed by atoms with Gasteiger partial charge in [0.1, 0.15) is 0 Å². The van der Waals surface area contributed by atoms with Crippen molar-refractivity contribution in [1.82, 2.24) is 5.32 Å². The smallest absolute Gasteiger partial charge is 0.176 e. The molecule has 0 aromatic carbocycles. The lowest BCUT2D eigenvalue weighted by Gasteiger charge is -2.29. The SMILES string of the molecule is N#CNC1CC(O)C1. The Balaban J connectivity index is 2.09. The first-order valence-electron chi connectivity index (χ1n) is 2.65. The summed E-state index contributed by atoms with van der Waals surface area (Å²) in [6, 6.07) is 0.245. The molecule has 0 aromatic heterocycles. The number of nitriles is 1. The van der Waals surface area contributed by atoms with E-state index in [4.69, 9.17) is 10.4 Å². The Hall–Kier alpha value is -0.750. The van der Waals surface area contributed by atoms with Gasteiger partial charge in [-0.25, -0.2) is 0 Å². The number of aliphatic hydroxyl groups is 1. The molecule has 0 unspecified atom stereocenters. The Kier molecular flexibility index (Phi) is 1.36. The molecule has 1 rings (SSSR count). The molecule has 0 spiro atoms. The van der Waals surface area contributed by atoms with Gasteiger partial charge in [0, 0.05) is 6.04 Å². The maximum atomic E-state index is 8.70. The summed E-state index contributed by atoms with van der Waals surface area (Å²) in [5.74, 6) is 0. The van der Waals surface area contributed by atoms with Crippen molar-refractivity contribution in [3.63, 3.8) is 0 Å². The van der Waals surface area contributed by atoms with E-state index >= 15 is 0 Å². The first kappa shape index (κ1) is 5.39. The third-order valence-corrected chi connectivity index (χ3v) is 1.38. The fourth-order valence-corrected chi connectivity index (χ4v) is 0.797. The standard InChI is InChI=1S/C5H8N2O/c6-3-7-4-1-5(8)2-4/h4-5,7-8H,1-2H2. The van der Waals surface area contributed by atoms with Crippen LogP contribution in [0.4, 0.5) is 0 Å². The topological polar surface area (TPSA) is 56.0 Å². The van der Waals surface area contributed by atoms with Gasteiger partial charge in [-0.2, -0.15) is 5.26 Å². The van der Waals surface area contributed by atoms with Gasteiger partial charge in [-0.15, -0.1) is 0 Å². The minimum Gasteiger partial charge on any atom is -0.393 e. The molecule has 0 heterocycles. The fourth-order valence-electron chi connectivity index (χ4n) is 0.797. The molecule has 1 aliphatic rings. The molecule has 0 amide bonds. The molecule has 0 aliphatic heterocycles. The lowest BCUT2D eigenvalue weighted by Crippen LogP contribution is -2.41. The Labute approximate surface area is 47.9 Å². The van der Waals surface area contributed by atoms with E-state index in [0.717, 1.165) is 12.8 Å². The molecule has 0 aromatic rings. The predicted molar refractivity (Wildman–Crippen MR) is 27.8 cm³/mol. The molecule has 8 heavy (non-hydrogen) atoms. The van der Waals surface area contributed by atoms with Gasteiger partial charge in [-0.1, -0.05) is 0 Å². The zero-order chi connectivity index (χ0) is 5.98. The van der Waals surface area contributed by atoms with Crippen molar-refractivity contribution in [3.05, 3.63) is 0 Å². The van der Waals surface area contributed by atoms with Crippen LogP contribution in [0, 0.1) is 11.5 Å². The van der Waals surface area contributed by atoms with Crippen LogP contribution >= 0.6 is 0 Å². The van der Waals surface area contributed by atoms with E-state index in [0.29, 0.717) is 0 Å². The van der Waals surface area contributed by atoms with Crippen molar-refractivity contribution in [1.29, 1.82) is 5.26 Å². The summed E-state index contributed by atoms with van der Waals surface area (Å²) >= 11 is 0. The van der Waals surface area contributed by atoms with Crippen LogP contribution in [-0.2, 0) is 0 Å². The molecule has 0 bridgehead atoms. The maximum Gasteiger partial charge on any atom is 0.176 e. The Morgan fingerprint density at radius 1 is 1.62 bits per heavy atom. The molecule has 3 nitrogen and oxygen atoms in total. The number of aliphatic hydroxyl groups excluding tert-OH is 1. The van der Waals surface area contributed by atoms with E-state index in [2.05, 4.69) is 5.32 Å². The van der Waals surface area contributed by atoms with Crippen LogP contribution in [0.25, 0.3) is 0 Å². The minimum absolute atomic E-state index is 0.166. The second-order valence-corrected chi connectivity index (χ2v) is 2.08. The highest BCUT2D eigenvalue weighted by molar-refractivity contribution is 4.88. The highest BCUT2D eigenvalue weighted by atomic mass is 16.3. The summed E-state index contributed by atoms with van der Waals surface area (Å²) in [5.41, 5.74) is 0. The molecule has 0 radical (unpaired) electrons. The van der Waals surface area contributed by atoms with Crippen molar-refractivity contribution < 1.29 is 5.11 Å². The van der Waals surface area contributed by atoms with Crippen molar-refractivity contribution in [2.24, 2.45) is 0 Å². The summed E-state index contributed by atoms with van der Waals surface area (Å²) < 4.78 is 0. The number of nitrogens with zero attached hydrogens (tertiary/aromatic N) is 1. The minimum atomic E-state index is -0.166. The summed E-state index contributed by atoms with van der Waals surface area (Å²) in [7, 11) is 0. The molecular formula is C5H8N2O. The van der Waals surface area contributed by atoms with Crippen molar-refractivity contribution in [2.45, 2.75) is 25.0 Å². The van der Waals surface area contributed by atoms with Crippen LogP contribution in [0.1, 0.15) is 12.8 Å². The zero-order valence-electron chi connectivity index (χ0n) is 4.46. The van der Waals surface area contributed by atoms with Gasteiger partial charge in [0.05, 0.1) is 6.10 Å². The van der Waals surface area contributed by atoms with Crippen LogP contribution < -0.4 is 5.32 Å². The molecule has 2 N–H and O–H groups in total. The number of hydrogen-bond donors (Lipinski definition) is 2. The van der Waals surface area contributed by atoms with Gasteiger partial charge < -0.3 is 10.4 Å². The highest BCUT2D eigenvalue weighted by Crippen LogP contribution is 2.18. The van der Waals surface area contributed by atoms with Crippen molar-refractivity contribution in [2.75, 3.05) is 0 Å². The van der Waals surface area contributed by atoms with Gasteiger partial charge in [0.25, 0.3) is 0 Å². The van der Waals surface area contributed by atoms with E-state index in [-0.39, 0.29) is 12.1 Å². The molecular weight excluding hydrogens is 104 g/mol. The van der Waals surface area contributed by atoms with Crippen LogP contribution in [-0.4, -0.2) is 17.3 Å². The molecule has 0 atom stereocenters. The highest BCUT2D eigenvalue weighted by Gasteiger charge is 2.26. The maximum absolute atomic E-state index is 8.70. The van der Waals surface area contributed by atoms with Gasteiger partial charge in [0.15, 0.2) is 6.19 Å². The summed E-state index contributed by atoms with van der Waals surface area (Å²) in [4.78, 5) is 0. The average Bonchev–Trinajstić information content (AvgIpc) is 1.64. The molecule has 0 saturated heterocycles. The molecule has 44 valence electrons. The molecule has 3 heteroatoms. The quantitative estimate of drug-likeness (QED) is 0.358. The summed E-state index contributed by atoms with van der Waals surface area (Å²) in [6.07, 6.45) is 3.12. The number of nitrogens with one attached hydrogen (secondary N) is 1. The van der Waals surface area contributed by atoms with E-state index in [1.165, 1.54) is 0 Å². The Bertz CT molecular complexity index is 112. The summed E-state index contributed by atoms with van der Waals surface area (Å²) in [5, 5.41) is 19.3. The van der Waals surface area contributed by atoms with Crippen molar-refractivity contribution in [3.8, 4) is 6.19 Å². The van der Waals surface area contributed by atoms with Gasteiger partial charge in [-0.3, -0.25) is 0 Å². The second-order valence-electron chi connectivity index (χ2n) is 2.08. The molecule has 1 fully saturated rings. The normalized spacial score (nSPS) is 35.0. The van der Waals surface area contributed by atoms with Crippen LogP contribution in [0.5, 0.6) is 0 Å². The van der Waals surface area contributed by atoms with Crippen LogP contribution in [0.2, 0.25) is 0 Å². The van der Waals surface area contributed by atoms with E-state index in [1.807, 2.05) is 6.19 Å². The first-order chi connectivity index (χ1) is 3.83. The van der Waals surface area contributed by atoms with E-state index < -0.39 is 0 Å². The molecule has 1 saturated carbocycles. The predicted octanol–water partition coefficient (Wildman–Crippen LogP) is -0.420. The number of hydrogen-bond acceptors (Lipinski definition) is 3. The van der Waals surface area contributed by atoms with Gasteiger partial charge in [-0.05, 0) is 12.8 Å². The Morgan fingerprint density at radius 3 is 2.62 bits per heavy atom. The van der Waals surface area contributed by atoms with Crippen molar-refractivity contribution >= 4 is 0 Å². The third kappa shape index (κ3) is 0.903. The van der Waals surface area contributed by atoms with Gasteiger partial charge in [0.2, 0.25) is 0 Å². The van der Waals surface area contributed by atoms with E-state index in [1.54, 1.807) is 0 Å². The first-order valence-corrected chi connectivity index (χ1v) is 2.65. The van der Waals surface area contributed by atoms with Crippen LogP contribution in [0.15, 0.2) is 0 Å². The third-order valence-electron chi connectivity index (χ3n) is 1.38. The second kappa shape index (κ2) is 2.01. The lowest BCUT2D eigenvalue weighted by molar-refractivity contribution is 0.0686. The molecule has 1 aliphatic carbocycles. The monoisotopic (exact) mass is 112 g/mol. The summed E-state index contributed by atoms with van der Waals surface area (Å²) in [6.45, 7) is 0. The fraction of sp³-hybridized carbons (Fsp3) is 0.800.